The Morgan fingerprint density at radius 2 is 1.96 bits per heavy atom. The van der Waals surface area contributed by atoms with E-state index in [4.69, 9.17) is 10.00 Å². The Morgan fingerprint density at radius 1 is 1.26 bits per heavy atom. The van der Waals surface area contributed by atoms with Crippen molar-refractivity contribution in [2.75, 3.05) is 6.61 Å². The monoisotopic (exact) mass is 373 g/mol. The molecule has 0 bridgehead atoms. The second-order valence-corrected chi connectivity index (χ2v) is 5.54. The number of aryl methyl sites for hydroxylation is 1. The average molecular weight is 373 g/mol. The van der Waals surface area contributed by atoms with E-state index in [2.05, 4.69) is 15.3 Å². The molecule has 0 aliphatic heterocycles. The van der Waals surface area contributed by atoms with Crippen LogP contribution in [0.4, 0.5) is 8.78 Å². The lowest BCUT2D eigenvalue weighted by atomic mass is 10.1. The highest BCUT2D eigenvalue weighted by atomic mass is 19.3. The van der Waals surface area contributed by atoms with E-state index < -0.39 is 12.5 Å². The quantitative estimate of drug-likeness (QED) is 0.596. The number of rotatable bonds is 7. The molecule has 140 valence electrons. The van der Waals surface area contributed by atoms with E-state index in [0.717, 1.165) is 5.56 Å². The maximum atomic E-state index is 12.5. The molecule has 1 N–H and O–H groups in total. The van der Waals surface area contributed by atoms with Crippen molar-refractivity contribution in [3.05, 3.63) is 59.2 Å². The summed E-state index contributed by atoms with van der Waals surface area (Å²) < 4.78 is 34.8. The van der Waals surface area contributed by atoms with E-state index in [1.165, 1.54) is 6.07 Å². The molecule has 2 rings (SSSR count). The Labute approximate surface area is 155 Å². The molecule has 1 amide bonds. The first-order valence-electron chi connectivity index (χ1n) is 7.91. The number of amides is 1. The van der Waals surface area contributed by atoms with Crippen molar-refractivity contribution in [3.8, 4) is 17.6 Å². The zero-order valence-electron chi connectivity index (χ0n) is 14.7. The van der Waals surface area contributed by atoms with Crippen LogP contribution in [0.1, 0.15) is 23.6 Å². The number of hydrogen-bond acceptors (Lipinski definition) is 5. The van der Waals surface area contributed by atoms with E-state index >= 15 is 0 Å². The number of nitrogens with one attached hydrogen (secondary N) is 1. The molecule has 0 atom stereocenters. The van der Waals surface area contributed by atoms with Crippen molar-refractivity contribution in [2.45, 2.75) is 20.5 Å². The molecule has 0 heterocycles. The first kappa shape index (κ1) is 19.8. The molecular weight excluding hydrogens is 356 g/mol. The minimum absolute atomic E-state index is 0.0278. The number of nitriles is 1. The number of hydrazone groups is 1. The number of nitrogens with zero attached hydrogens (tertiary/aromatic N) is 2. The molecule has 2 aromatic rings. The number of carbonyl (C=O) groups is 1. The van der Waals surface area contributed by atoms with Crippen LogP contribution in [0.2, 0.25) is 0 Å². The molecule has 0 saturated heterocycles. The maximum absolute atomic E-state index is 12.5. The van der Waals surface area contributed by atoms with Gasteiger partial charge in [0.25, 0.3) is 5.91 Å². The number of alkyl halides is 2. The third-order valence-electron chi connectivity index (χ3n) is 3.44. The van der Waals surface area contributed by atoms with E-state index in [0.29, 0.717) is 22.6 Å². The van der Waals surface area contributed by atoms with E-state index in [1.807, 2.05) is 6.07 Å². The molecule has 0 aromatic heterocycles. The lowest BCUT2D eigenvalue weighted by molar-refractivity contribution is -0.123. The average Bonchev–Trinajstić information content (AvgIpc) is 2.65. The normalized spacial score (nSPS) is 11.0. The summed E-state index contributed by atoms with van der Waals surface area (Å²) in [5.41, 5.74) is 4.27. The molecule has 0 aliphatic carbocycles. The highest BCUT2D eigenvalue weighted by molar-refractivity contribution is 6.01. The van der Waals surface area contributed by atoms with Gasteiger partial charge in [0.2, 0.25) is 0 Å². The number of carbonyl (C=O) groups excluding carboxylic acids is 1. The molecule has 0 aliphatic rings. The second-order valence-electron chi connectivity index (χ2n) is 5.54. The van der Waals surface area contributed by atoms with E-state index in [-0.39, 0.29) is 12.4 Å². The third-order valence-corrected chi connectivity index (χ3v) is 3.44. The molecule has 0 spiro atoms. The maximum Gasteiger partial charge on any atom is 0.387 e. The summed E-state index contributed by atoms with van der Waals surface area (Å²) in [5, 5.41) is 12.6. The first-order valence-corrected chi connectivity index (χ1v) is 7.91. The van der Waals surface area contributed by atoms with Crippen LogP contribution in [-0.2, 0) is 4.79 Å². The van der Waals surface area contributed by atoms with E-state index in [9.17, 15) is 13.6 Å². The predicted molar refractivity (Wildman–Crippen MR) is 94.8 cm³/mol. The minimum Gasteiger partial charge on any atom is -0.484 e. The molecule has 8 heteroatoms. The third kappa shape index (κ3) is 6.08. The van der Waals surface area contributed by atoms with Gasteiger partial charge in [0.15, 0.2) is 6.61 Å². The summed E-state index contributed by atoms with van der Waals surface area (Å²) >= 11 is 0. The lowest BCUT2D eigenvalue weighted by Crippen LogP contribution is -2.25. The Kier molecular flexibility index (Phi) is 6.83. The van der Waals surface area contributed by atoms with Gasteiger partial charge in [0.1, 0.15) is 11.5 Å². The summed E-state index contributed by atoms with van der Waals surface area (Å²) in [4.78, 5) is 11.9. The summed E-state index contributed by atoms with van der Waals surface area (Å²) in [7, 11) is 0. The minimum atomic E-state index is -2.96. The van der Waals surface area contributed by atoms with Gasteiger partial charge in [-0.15, -0.1) is 0 Å². The van der Waals surface area contributed by atoms with Crippen molar-refractivity contribution < 1.29 is 23.0 Å². The Bertz CT molecular complexity index is 875. The molecule has 6 nitrogen and oxygen atoms in total. The zero-order chi connectivity index (χ0) is 19.8. The summed E-state index contributed by atoms with van der Waals surface area (Å²) in [6.45, 7) is 0.105. The lowest BCUT2D eigenvalue weighted by Gasteiger charge is -2.11. The molecule has 0 unspecified atom stereocenters. The molecule has 0 saturated carbocycles. The summed E-state index contributed by atoms with van der Waals surface area (Å²) in [6, 6.07) is 12.9. The van der Waals surface area contributed by atoms with Crippen LogP contribution < -0.4 is 14.9 Å². The van der Waals surface area contributed by atoms with Gasteiger partial charge in [-0.25, -0.2) is 5.43 Å². The van der Waals surface area contributed by atoms with Crippen LogP contribution in [0.15, 0.2) is 47.6 Å². The standard InChI is InChI=1S/C19H17F2N3O3/c1-12-3-8-17(27-19(20)21)16(9-12)13(2)23-24-18(25)11-26-15-6-4-14(10-22)5-7-15/h3-9,19H,11H2,1-2H3,(H,24,25)/b23-13-. The van der Waals surface area contributed by atoms with Crippen LogP contribution in [0.5, 0.6) is 11.5 Å². The van der Waals surface area contributed by atoms with Crippen LogP contribution in [0, 0.1) is 18.3 Å². The molecule has 2 aromatic carbocycles. The Balaban J connectivity index is 1.99. The topological polar surface area (TPSA) is 83.7 Å². The Morgan fingerprint density at radius 3 is 2.59 bits per heavy atom. The fourth-order valence-corrected chi connectivity index (χ4v) is 2.14. The zero-order valence-corrected chi connectivity index (χ0v) is 14.7. The summed E-state index contributed by atoms with van der Waals surface area (Å²) in [6.07, 6.45) is 0. The van der Waals surface area contributed by atoms with Crippen molar-refractivity contribution >= 4 is 11.6 Å². The summed E-state index contributed by atoms with van der Waals surface area (Å²) in [5.74, 6) is -0.126. The highest BCUT2D eigenvalue weighted by Crippen LogP contribution is 2.22. The van der Waals surface area contributed by atoms with Gasteiger partial charge in [-0.3, -0.25) is 4.79 Å². The van der Waals surface area contributed by atoms with Crippen LogP contribution in [0.3, 0.4) is 0 Å². The van der Waals surface area contributed by atoms with Crippen LogP contribution in [-0.4, -0.2) is 24.8 Å². The fraction of sp³-hybridized carbons (Fsp3) is 0.211. The number of hydrogen-bond donors (Lipinski definition) is 1. The smallest absolute Gasteiger partial charge is 0.387 e. The van der Waals surface area contributed by atoms with Gasteiger partial charge in [0, 0.05) is 5.56 Å². The van der Waals surface area contributed by atoms with Gasteiger partial charge in [0.05, 0.1) is 17.3 Å². The predicted octanol–water partition coefficient (Wildman–Crippen LogP) is 3.39. The van der Waals surface area contributed by atoms with Crippen molar-refractivity contribution in [1.29, 1.82) is 5.26 Å². The fourth-order valence-electron chi connectivity index (χ4n) is 2.14. The highest BCUT2D eigenvalue weighted by Gasteiger charge is 2.12. The van der Waals surface area contributed by atoms with Crippen LogP contribution in [0.25, 0.3) is 0 Å². The molecule has 0 radical (unpaired) electrons. The van der Waals surface area contributed by atoms with Gasteiger partial charge in [-0.2, -0.15) is 19.1 Å². The SMILES string of the molecule is C/C(=N/NC(=O)COc1ccc(C#N)cc1)c1cc(C)ccc1OC(F)F. The number of halogens is 2. The largest absolute Gasteiger partial charge is 0.484 e. The number of benzene rings is 2. The van der Waals surface area contributed by atoms with Crippen molar-refractivity contribution in [2.24, 2.45) is 5.10 Å². The second kappa shape index (κ2) is 9.29. The molecule has 0 fully saturated rings. The van der Waals surface area contributed by atoms with Crippen molar-refractivity contribution in [1.82, 2.24) is 5.43 Å². The van der Waals surface area contributed by atoms with Gasteiger partial charge in [-0.05, 0) is 50.2 Å². The van der Waals surface area contributed by atoms with Gasteiger partial charge in [-0.1, -0.05) is 11.6 Å². The first-order chi connectivity index (χ1) is 12.9. The van der Waals surface area contributed by atoms with Crippen molar-refractivity contribution in [3.63, 3.8) is 0 Å². The number of ether oxygens (including phenoxy) is 2. The molecule has 27 heavy (non-hydrogen) atoms. The molecular formula is C19H17F2N3O3. The van der Waals surface area contributed by atoms with Gasteiger partial charge >= 0.3 is 6.61 Å². The Hall–Kier alpha value is -3.47. The van der Waals surface area contributed by atoms with Gasteiger partial charge < -0.3 is 9.47 Å². The van der Waals surface area contributed by atoms with Crippen LogP contribution >= 0.6 is 0 Å². The van der Waals surface area contributed by atoms with E-state index in [1.54, 1.807) is 50.2 Å².